The summed E-state index contributed by atoms with van der Waals surface area (Å²) in [6.45, 7) is 10.3. The van der Waals surface area contributed by atoms with Crippen LogP contribution >= 0.6 is 11.8 Å². The molecule has 1 N–H and O–H groups in total. The SMILES string of the molecule is CCC(C)NC(=O)CSc1nnc(-c2ccc(N(CC)CC)cc2)n1-c1ccccc1. The molecule has 2 aromatic carbocycles. The van der Waals surface area contributed by atoms with Crippen molar-refractivity contribution in [2.75, 3.05) is 23.7 Å². The molecule has 3 aromatic rings. The van der Waals surface area contributed by atoms with Gasteiger partial charge in [0.05, 0.1) is 5.75 Å². The number of rotatable bonds is 10. The second kappa shape index (κ2) is 11.0. The molecule has 0 aliphatic rings. The van der Waals surface area contributed by atoms with Crippen LogP contribution in [-0.2, 0) is 4.79 Å². The van der Waals surface area contributed by atoms with Crippen LogP contribution in [0.5, 0.6) is 0 Å². The number of para-hydroxylation sites is 1. The van der Waals surface area contributed by atoms with Crippen LogP contribution in [0, 0.1) is 0 Å². The number of aromatic nitrogens is 3. The fourth-order valence-corrected chi connectivity index (χ4v) is 4.08. The standard InChI is InChI=1S/C24H31N5OS/c1-5-18(4)25-22(30)17-31-24-27-26-23(29(24)21-11-9-8-10-12-21)19-13-15-20(16-14-19)28(6-2)7-3/h8-16,18H,5-7,17H2,1-4H3,(H,25,30). The molecule has 6 nitrogen and oxygen atoms in total. The quantitative estimate of drug-likeness (QED) is 0.462. The highest BCUT2D eigenvalue weighted by atomic mass is 32.2. The highest BCUT2D eigenvalue weighted by Gasteiger charge is 2.18. The van der Waals surface area contributed by atoms with Gasteiger partial charge in [0.2, 0.25) is 5.91 Å². The maximum absolute atomic E-state index is 12.3. The summed E-state index contributed by atoms with van der Waals surface area (Å²) in [5, 5.41) is 12.6. The molecular formula is C24H31N5OS. The molecule has 1 atom stereocenters. The molecule has 0 saturated heterocycles. The molecule has 0 saturated carbocycles. The number of amides is 1. The first-order chi connectivity index (χ1) is 15.1. The Hall–Kier alpha value is -2.80. The van der Waals surface area contributed by atoms with E-state index in [4.69, 9.17) is 0 Å². The average Bonchev–Trinajstić information content (AvgIpc) is 3.23. The highest BCUT2D eigenvalue weighted by Crippen LogP contribution is 2.29. The fourth-order valence-electron chi connectivity index (χ4n) is 3.32. The van der Waals surface area contributed by atoms with Crippen molar-refractivity contribution in [1.29, 1.82) is 0 Å². The van der Waals surface area contributed by atoms with Gasteiger partial charge < -0.3 is 10.2 Å². The summed E-state index contributed by atoms with van der Waals surface area (Å²) >= 11 is 1.40. The number of hydrogen-bond donors (Lipinski definition) is 1. The third kappa shape index (κ3) is 5.67. The normalized spacial score (nSPS) is 11.9. The smallest absolute Gasteiger partial charge is 0.230 e. The first-order valence-electron chi connectivity index (χ1n) is 10.9. The minimum absolute atomic E-state index is 0.00656. The number of nitrogens with one attached hydrogen (secondary N) is 1. The van der Waals surface area contributed by atoms with Gasteiger partial charge >= 0.3 is 0 Å². The van der Waals surface area contributed by atoms with Crippen LogP contribution < -0.4 is 10.2 Å². The Kier molecular flexibility index (Phi) is 8.12. The lowest BCUT2D eigenvalue weighted by Gasteiger charge is -2.21. The van der Waals surface area contributed by atoms with Gasteiger partial charge in [0, 0.05) is 36.1 Å². The first-order valence-corrected chi connectivity index (χ1v) is 11.8. The van der Waals surface area contributed by atoms with Gasteiger partial charge in [0.25, 0.3) is 0 Å². The van der Waals surface area contributed by atoms with Gasteiger partial charge in [-0.15, -0.1) is 10.2 Å². The molecule has 164 valence electrons. The van der Waals surface area contributed by atoms with Crippen molar-refractivity contribution in [2.24, 2.45) is 0 Å². The molecule has 31 heavy (non-hydrogen) atoms. The second-order valence-electron chi connectivity index (χ2n) is 7.36. The number of hydrogen-bond acceptors (Lipinski definition) is 5. The lowest BCUT2D eigenvalue weighted by Crippen LogP contribution is -2.33. The van der Waals surface area contributed by atoms with E-state index < -0.39 is 0 Å². The lowest BCUT2D eigenvalue weighted by atomic mass is 10.1. The highest BCUT2D eigenvalue weighted by molar-refractivity contribution is 7.99. The lowest BCUT2D eigenvalue weighted by molar-refractivity contribution is -0.119. The zero-order chi connectivity index (χ0) is 22.2. The topological polar surface area (TPSA) is 63.1 Å². The molecule has 0 aliphatic heterocycles. The van der Waals surface area contributed by atoms with Gasteiger partial charge in [0.15, 0.2) is 11.0 Å². The van der Waals surface area contributed by atoms with Gasteiger partial charge in [-0.3, -0.25) is 9.36 Å². The minimum Gasteiger partial charge on any atom is -0.372 e. The summed E-state index contributed by atoms with van der Waals surface area (Å²) < 4.78 is 2.02. The van der Waals surface area contributed by atoms with Crippen LogP contribution in [0.1, 0.15) is 34.1 Å². The molecule has 3 rings (SSSR count). The van der Waals surface area contributed by atoms with E-state index in [2.05, 4.69) is 65.5 Å². The van der Waals surface area contributed by atoms with Crippen molar-refractivity contribution in [1.82, 2.24) is 20.1 Å². The van der Waals surface area contributed by atoms with Gasteiger partial charge in [-0.25, -0.2) is 0 Å². The summed E-state index contributed by atoms with van der Waals surface area (Å²) in [5.41, 5.74) is 3.15. The van der Waals surface area contributed by atoms with Crippen LogP contribution in [0.3, 0.4) is 0 Å². The number of benzene rings is 2. The van der Waals surface area contributed by atoms with E-state index in [-0.39, 0.29) is 11.9 Å². The Labute approximate surface area is 189 Å². The average molecular weight is 438 g/mol. The van der Waals surface area contributed by atoms with Gasteiger partial charge in [0.1, 0.15) is 0 Å². The van der Waals surface area contributed by atoms with Crippen LogP contribution in [0.4, 0.5) is 5.69 Å². The van der Waals surface area contributed by atoms with E-state index in [9.17, 15) is 4.79 Å². The first kappa shape index (κ1) is 22.9. The fraction of sp³-hybridized carbons (Fsp3) is 0.375. The maximum Gasteiger partial charge on any atom is 0.230 e. The number of nitrogens with zero attached hydrogens (tertiary/aromatic N) is 4. The molecule has 0 spiro atoms. The third-order valence-corrected chi connectivity index (χ3v) is 6.18. The summed E-state index contributed by atoms with van der Waals surface area (Å²) in [7, 11) is 0. The predicted molar refractivity (Wildman–Crippen MR) is 129 cm³/mol. The molecule has 0 bridgehead atoms. The van der Waals surface area contributed by atoms with E-state index in [1.807, 2.05) is 41.8 Å². The Morgan fingerprint density at radius 3 is 2.32 bits per heavy atom. The molecular weight excluding hydrogens is 406 g/mol. The summed E-state index contributed by atoms with van der Waals surface area (Å²) in [4.78, 5) is 14.6. The predicted octanol–water partition coefficient (Wildman–Crippen LogP) is 4.79. The molecule has 1 heterocycles. The van der Waals surface area contributed by atoms with E-state index in [0.717, 1.165) is 36.6 Å². The van der Waals surface area contributed by atoms with Gasteiger partial charge in [-0.1, -0.05) is 36.9 Å². The molecule has 0 fully saturated rings. The van der Waals surface area contributed by atoms with Crippen LogP contribution in [0.25, 0.3) is 17.1 Å². The number of anilines is 1. The Morgan fingerprint density at radius 1 is 1.03 bits per heavy atom. The van der Waals surface area contributed by atoms with Crippen molar-refractivity contribution in [3.63, 3.8) is 0 Å². The molecule has 0 aliphatic carbocycles. The van der Waals surface area contributed by atoms with Crippen molar-refractivity contribution in [3.05, 3.63) is 54.6 Å². The molecule has 1 aromatic heterocycles. The Morgan fingerprint density at radius 2 is 1.71 bits per heavy atom. The third-order valence-electron chi connectivity index (χ3n) is 5.25. The molecule has 7 heteroatoms. The summed E-state index contributed by atoms with van der Waals surface area (Å²) in [6, 6.07) is 18.6. The van der Waals surface area contributed by atoms with Gasteiger partial charge in [-0.2, -0.15) is 0 Å². The van der Waals surface area contributed by atoms with Crippen LogP contribution in [0.2, 0.25) is 0 Å². The zero-order valence-corrected chi connectivity index (χ0v) is 19.5. The van der Waals surface area contributed by atoms with Gasteiger partial charge in [-0.05, 0) is 63.6 Å². The summed E-state index contributed by atoms with van der Waals surface area (Å²) in [5.74, 6) is 1.07. The minimum atomic E-state index is 0.00656. The molecule has 1 unspecified atom stereocenters. The number of carbonyl (C=O) groups is 1. The Bertz CT molecular complexity index is 967. The van der Waals surface area contributed by atoms with E-state index in [0.29, 0.717) is 10.9 Å². The maximum atomic E-state index is 12.3. The Balaban J connectivity index is 1.90. The van der Waals surface area contributed by atoms with E-state index in [1.54, 1.807) is 0 Å². The number of carbonyl (C=O) groups excluding carboxylic acids is 1. The van der Waals surface area contributed by atoms with E-state index >= 15 is 0 Å². The van der Waals surface area contributed by atoms with Crippen LogP contribution in [-0.4, -0.2) is 45.6 Å². The van der Waals surface area contributed by atoms with Crippen molar-refractivity contribution in [3.8, 4) is 17.1 Å². The van der Waals surface area contributed by atoms with E-state index in [1.165, 1.54) is 17.4 Å². The van der Waals surface area contributed by atoms with Crippen molar-refractivity contribution in [2.45, 2.75) is 45.3 Å². The number of thioether (sulfide) groups is 1. The monoisotopic (exact) mass is 437 g/mol. The van der Waals surface area contributed by atoms with Crippen molar-refractivity contribution < 1.29 is 4.79 Å². The van der Waals surface area contributed by atoms with Crippen LogP contribution in [0.15, 0.2) is 59.8 Å². The van der Waals surface area contributed by atoms with Crippen molar-refractivity contribution >= 4 is 23.4 Å². The second-order valence-corrected chi connectivity index (χ2v) is 8.30. The molecule has 0 radical (unpaired) electrons. The summed E-state index contributed by atoms with van der Waals surface area (Å²) in [6.07, 6.45) is 0.907. The zero-order valence-electron chi connectivity index (χ0n) is 18.7. The largest absolute Gasteiger partial charge is 0.372 e. The molecule has 1 amide bonds.